The molecule has 2 aliphatic carbocycles. The van der Waals surface area contributed by atoms with Gasteiger partial charge in [-0.1, -0.05) is 17.7 Å². The first-order valence-electron chi connectivity index (χ1n) is 15.9. The number of nitrogens with zero attached hydrogens (tertiary/aromatic N) is 5. The smallest absolute Gasteiger partial charge is 0.338 e. The fourth-order valence-electron chi connectivity index (χ4n) is 7.08. The van der Waals surface area contributed by atoms with Gasteiger partial charge in [-0.05, 0) is 49.2 Å². The number of ether oxygens (including phenoxy) is 4. The van der Waals surface area contributed by atoms with E-state index in [0.717, 1.165) is 24.6 Å². The van der Waals surface area contributed by atoms with Crippen molar-refractivity contribution >= 4 is 34.3 Å². The van der Waals surface area contributed by atoms with E-state index in [0.29, 0.717) is 53.2 Å². The van der Waals surface area contributed by atoms with Gasteiger partial charge in [0.25, 0.3) is 11.7 Å². The topological polar surface area (TPSA) is 91.2 Å². The van der Waals surface area contributed by atoms with Gasteiger partial charge < -0.3 is 28.4 Å². The number of carbonyl (C=O) groups excluding carboxylic acids is 1. The van der Waals surface area contributed by atoms with Crippen molar-refractivity contribution in [1.29, 1.82) is 0 Å². The van der Waals surface area contributed by atoms with Gasteiger partial charge in [-0.15, -0.1) is 0 Å². The van der Waals surface area contributed by atoms with E-state index in [1.165, 1.54) is 13.2 Å². The van der Waals surface area contributed by atoms with Crippen LogP contribution in [-0.4, -0.2) is 76.3 Å². The van der Waals surface area contributed by atoms with E-state index < -0.39 is 29.6 Å². The highest BCUT2D eigenvalue weighted by Crippen LogP contribution is 2.51. The van der Waals surface area contributed by atoms with Crippen molar-refractivity contribution in [3.05, 3.63) is 76.6 Å². The van der Waals surface area contributed by atoms with Crippen molar-refractivity contribution in [2.24, 2.45) is 0 Å². The molecule has 252 valence electrons. The SMILES string of the molecule is COC(=O)c1cc(F)c2nc(CN3CCN(c4cccc5c4OC(C)(c4ccc(Cl)cn4)O5)[C@H]4CC[C@@H]43)n(CCOC3CC3(F)F)c2c1. The Balaban J connectivity index is 1.04. The molecule has 1 saturated heterocycles. The molecule has 8 rings (SSSR count). The molecule has 2 unspecified atom stereocenters. The predicted octanol–water partition coefficient (Wildman–Crippen LogP) is 5.93. The number of aromatic nitrogens is 3. The number of carbonyl (C=O) groups is 1. The minimum atomic E-state index is -2.82. The van der Waals surface area contributed by atoms with Crippen molar-refractivity contribution < 1.29 is 36.9 Å². The van der Waals surface area contributed by atoms with Crippen LogP contribution in [0.5, 0.6) is 11.5 Å². The minimum Gasteiger partial charge on any atom is -0.465 e. The van der Waals surface area contributed by atoms with Crippen LogP contribution in [0.4, 0.5) is 18.9 Å². The van der Waals surface area contributed by atoms with E-state index in [9.17, 15) is 13.6 Å². The number of anilines is 1. The van der Waals surface area contributed by atoms with Gasteiger partial charge in [0, 0.05) is 51.3 Å². The molecule has 4 heterocycles. The molecule has 4 aromatic rings. The van der Waals surface area contributed by atoms with Gasteiger partial charge in [-0.2, -0.15) is 0 Å². The molecule has 2 aliphatic heterocycles. The molecule has 0 amide bonds. The summed E-state index contributed by atoms with van der Waals surface area (Å²) >= 11 is 6.06. The molecule has 4 aliphatic rings. The summed E-state index contributed by atoms with van der Waals surface area (Å²) < 4.78 is 67.1. The highest BCUT2D eigenvalue weighted by atomic mass is 35.5. The Hall–Kier alpha value is -4.07. The lowest BCUT2D eigenvalue weighted by molar-refractivity contribution is -0.0717. The first kappa shape index (κ1) is 31.2. The number of benzene rings is 2. The van der Waals surface area contributed by atoms with Crippen molar-refractivity contribution in [3.63, 3.8) is 0 Å². The van der Waals surface area contributed by atoms with Crippen LogP contribution in [0.15, 0.2) is 48.7 Å². The predicted molar refractivity (Wildman–Crippen MR) is 169 cm³/mol. The first-order valence-corrected chi connectivity index (χ1v) is 16.3. The van der Waals surface area contributed by atoms with Gasteiger partial charge in [0.05, 0.1) is 42.1 Å². The highest BCUT2D eigenvalue weighted by Gasteiger charge is 2.58. The lowest BCUT2D eigenvalue weighted by Crippen LogP contribution is -2.64. The number of hydrogen-bond acceptors (Lipinski definition) is 9. The number of pyridine rings is 1. The summed E-state index contributed by atoms with van der Waals surface area (Å²) in [6.07, 6.45) is 2.07. The third kappa shape index (κ3) is 5.32. The Labute approximate surface area is 279 Å². The van der Waals surface area contributed by atoms with Gasteiger partial charge in [0.15, 0.2) is 17.3 Å². The van der Waals surface area contributed by atoms with Crippen molar-refractivity contribution in [2.75, 3.05) is 31.7 Å². The number of rotatable bonds is 9. The maximum atomic E-state index is 15.3. The van der Waals surface area contributed by atoms with Gasteiger partial charge >= 0.3 is 5.97 Å². The number of esters is 1. The zero-order valence-corrected chi connectivity index (χ0v) is 27.1. The molecule has 2 aromatic heterocycles. The molecule has 0 radical (unpaired) electrons. The third-order valence-electron chi connectivity index (χ3n) is 9.82. The van der Waals surface area contributed by atoms with Crippen molar-refractivity contribution in [1.82, 2.24) is 19.4 Å². The molecular formula is C34H33ClF3N5O5. The van der Waals surface area contributed by atoms with Crippen LogP contribution in [0.1, 0.15) is 48.1 Å². The molecular weight excluding hydrogens is 651 g/mol. The first-order chi connectivity index (χ1) is 23.0. The number of alkyl halides is 2. The van der Waals surface area contributed by atoms with Crippen molar-refractivity contribution in [3.8, 4) is 11.5 Å². The molecule has 0 bridgehead atoms. The largest absolute Gasteiger partial charge is 0.465 e. The number of piperazine rings is 1. The van der Waals surface area contributed by atoms with Crippen LogP contribution in [0, 0.1) is 5.82 Å². The molecule has 2 saturated carbocycles. The highest BCUT2D eigenvalue weighted by molar-refractivity contribution is 6.30. The van der Waals surface area contributed by atoms with Gasteiger partial charge in [-0.3, -0.25) is 9.88 Å². The number of methoxy groups -OCH3 is 1. The van der Waals surface area contributed by atoms with Crippen LogP contribution in [0.3, 0.4) is 0 Å². The molecule has 0 N–H and O–H groups in total. The second-order valence-corrected chi connectivity index (χ2v) is 13.2. The average Bonchev–Trinajstić information content (AvgIpc) is 3.32. The van der Waals surface area contributed by atoms with E-state index in [-0.39, 0.29) is 42.7 Å². The number of imidazole rings is 1. The van der Waals surface area contributed by atoms with E-state index in [2.05, 4.69) is 19.8 Å². The quantitative estimate of drug-likeness (QED) is 0.199. The summed E-state index contributed by atoms with van der Waals surface area (Å²) in [6, 6.07) is 12.4. The van der Waals surface area contributed by atoms with Crippen LogP contribution < -0.4 is 14.4 Å². The third-order valence-corrected chi connectivity index (χ3v) is 10.0. The number of para-hydroxylation sites is 1. The lowest BCUT2D eigenvalue weighted by Gasteiger charge is -2.54. The average molecular weight is 684 g/mol. The minimum absolute atomic E-state index is 0.00569. The summed E-state index contributed by atoms with van der Waals surface area (Å²) in [5, 5.41) is 0.523. The summed E-state index contributed by atoms with van der Waals surface area (Å²) in [4.78, 5) is 26.1. The monoisotopic (exact) mass is 683 g/mol. The van der Waals surface area contributed by atoms with E-state index >= 15 is 4.39 Å². The summed E-state index contributed by atoms with van der Waals surface area (Å²) in [6.45, 7) is 3.79. The molecule has 4 atom stereocenters. The fourth-order valence-corrected chi connectivity index (χ4v) is 7.19. The Bertz CT molecular complexity index is 1910. The number of fused-ring (bicyclic) bond motifs is 3. The van der Waals surface area contributed by atoms with Crippen LogP contribution in [0.2, 0.25) is 5.02 Å². The second-order valence-electron chi connectivity index (χ2n) is 12.8. The normalized spacial score (nSPS) is 25.5. The summed E-state index contributed by atoms with van der Waals surface area (Å²) in [5.41, 5.74) is 2.08. The lowest BCUT2D eigenvalue weighted by atomic mass is 9.81. The maximum absolute atomic E-state index is 15.3. The zero-order chi connectivity index (χ0) is 33.4. The van der Waals surface area contributed by atoms with E-state index in [1.54, 1.807) is 22.9 Å². The van der Waals surface area contributed by atoms with Crippen LogP contribution in [0.25, 0.3) is 11.0 Å². The Kier molecular flexibility index (Phi) is 7.49. The molecule has 3 fully saturated rings. The molecule has 14 heteroatoms. The van der Waals surface area contributed by atoms with E-state index in [1.807, 2.05) is 25.1 Å². The Morgan fingerprint density at radius 3 is 2.65 bits per heavy atom. The Morgan fingerprint density at radius 2 is 1.94 bits per heavy atom. The van der Waals surface area contributed by atoms with Crippen molar-refractivity contribution in [2.45, 2.75) is 69.2 Å². The summed E-state index contributed by atoms with van der Waals surface area (Å²) in [7, 11) is 1.23. The van der Waals surface area contributed by atoms with Gasteiger partial charge in [0.1, 0.15) is 23.1 Å². The molecule has 0 spiro atoms. The summed E-state index contributed by atoms with van der Waals surface area (Å²) in [5.74, 6) is -3.39. The van der Waals surface area contributed by atoms with Crippen LogP contribution >= 0.6 is 11.6 Å². The second kappa shape index (κ2) is 11.5. The molecule has 10 nitrogen and oxygen atoms in total. The van der Waals surface area contributed by atoms with Gasteiger partial charge in [-0.25, -0.2) is 22.9 Å². The van der Waals surface area contributed by atoms with Crippen LogP contribution in [-0.2, 0) is 28.4 Å². The molecule has 48 heavy (non-hydrogen) atoms. The van der Waals surface area contributed by atoms with Gasteiger partial charge in [0.2, 0.25) is 0 Å². The number of hydrogen-bond donors (Lipinski definition) is 0. The zero-order valence-electron chi connectivity index (χ0n) is 26.3. The fraction of sp³-hybridized carbons (Fsp3) is 0.441. The maximum Gasteiger partial charge on any atom is 0.338 e. The van der Waals surface area contributed by atoms with E-state index in [4.69, 9.17) is 30.5 Å². The Morgan fingerprint density at radius 1 is 1.12 bits per heavy atom. The number of halogens is 4. The standard InChI is InChI=1S/C34H33ClF3N5O5/c1-33(27-9-6-20(35)17-39-27)47-26-5-3-4-24(31(26)48-33)42-11-10-41(22-7-8-23(22)42)18-29-40-30-21(36)14-19(32(44)45-2)15-25(30)43(29)12-13-46-28-16-34(28,37)38/h3-6,9,14-15,17,22-23,28H,7-8,10-13,16,18H2,1-2H3/t22-,23-,28?,33?/m0/s1. The molecule has 2 aromatic carbocycles.